The van der Waals surface area contributed by atoms with Gasteiger partial charge in [-0.05, 0) is 36.1 Å². The van der Waals surface area contributed by atoms with Gasteiger partial charge in [-0.2, -0.15) is 0 Å². The number of aromatic nitrogens is 2. The van der Waals surface area contributed by atoms with Crippen molar-refractivity contribution in [3.05, 3.63) is 68.2 Å². The average molecular weight is 404 g/mol. The molecule has 0 unspecified atom stereocenters. The third-order valence-electron chi connectivity index (χ3n) is 4.35. The van der Waals surface area contributed by atoms with Gasteiger partial charge in [-0.3, -0.25) is 14.2 Å². The van der Waals surface area contributed by atoms with Gasteiger partial charge in [0, 0.05) is 10.7 Å². The number of amides is 1. The minimum Gasteiger partial charge on any atom is -0.324 e. The molecule has 0 radical (unpaired) electrons. The first-order valence-corrected chi connectivity index (χ1v) is 9.27. The number of carbonyl (C=O) groups excluding carboxylic acids is 1. The van der Waals surface area contributed by atoms with Crippen molar-refractivity contribution < 1.29 is 4.79 Å². The smallest absolute Gasteiger partial charge is 0.261 e. The summed E-state index contributed by atoms with van der Waals surface area (Å²) in [5.41, 5.74) is 2.80. The fourth-order valence-electron chi connectivity index (χ4n) is 2.98. The minimum atomic E-state index is -0.367. The molecule has 0 aliphatic carbocycles. The molecule has 0 atom stereocenters. The van der Waals surface area contributed by atoms with Crippen LogP contribution in [0.2, 0.25) is 10.0 Å². The molecule has 0 saturated carbocycles. The van der Waals surface area contributed by atoms with E-state index in [-0.39, 0.29) is 29.3 Å². The van der Waals surface area contributed by atoms with E-state index in [1.807, 2.05) is 25.1 Å². The average Bonchev–Trinajstić information content (AvgIpc) is 2.59. The molecule has 3 aromatic rings. The Kier molecular flexibility index (Phi) is 5.53. The van der Waals surface area contributed by atoms with Gasteiger partial charge in [0.25, 0.3) is 5.56 Å². The maximum atomic E-state index is 12.7. The predicted octanol–water partition coefficient (Wildman–Crippen LogP) is 4.77. The summed E-state index contributed by atoms with van der Waals surface area (Å²) in [6, 6.07) is 8.92. The molecule has 0 saturated heterocycles. The fraction of sp³-hybridized carbons (Fsp3) is 0.250. The number of hydrogen-bond acceptors (Lipinski definition) is 3. The molecule has 1 aromatic heterocycles. The predicted molar refractivity (Wildman–Crippen MR) is 110 cm³/mol. The van der Waals surface area contributed by atoms with Crippen molar-refractivity contribution in [1.29, 1.82) is 0 Å². The Labute approximate surface area is 166 Å². The molecule has 1 heterocycles. The second-order valence-electron chi connectivity index (χ2n) is 6.70. The fourth-order valence-corrected chi connectivity index (χ4v) is 3.53. The van der Waals surface area contributed by atoms with Crippen molar-refractivity contribution in [3.8, 4) is 0 Å². The number of carbonyl (C=O) groups is 1. The number of aryl methyl sites for hydroxylation is 1. The zero-order valence-electron chi connectivity index (χ0n) is 15.2. The quantitative estimate of drug-likeness (QED) is 0.681. The zero-order chi connectivity index (χ0) is 19.7. The lowest BCUT2D eigenvalue weighted by atomic mass is 9.98. The summed E-state index contributed by atoms with van der Waals surface area (Å²) in [5, 5.41) is 3.85. The van der Waals surface area contributed by atoms with Crippen LogP contribution in [0.25, 0.3) is 10.9 Å². The summed E-state index contributed by atoms with van der Waals surface area (Å²) in [4.78, 5) is 29.5. The van der Waals surface area contributed by atoms with Crippen molar-refractivity contribution in [1.82, 2.24) is 9.55 Å². The van der Waals surface area contributed by atoms with Gasteiger partial charge >= 0.3 is 0 Å². The Morgan fingerprint density at radius 1 is 1.26 bits per heavy atom. The van der Waals surface area contributed by atoms with Crippen LogP contribution in [0.3, 0.4) is 0 Å². The summed E-state index contributed by atoms with van der Waals surface area (Å²) in [6.07, 6.45) is 1.32. The highest BCUT2D eigenvalue weighted by Crippen LogP contribution is 2.27. The third kappa shape index (κ3) is 3.99. The molecule has 0 aliphatic heterocycles. The molecule has 3 rings (SSSR count). The number of para-hydroxylation sites is 1. The van der Waals surface area contributed by atoms with Gasteiger partial charge in [0.2, 0.25) is 5.91 Å². The zero-order valence-corrected chi connectivity index (χ0v) is 16.7. The topological polar surface area (TPSA) is 64.0 Å². The molecule has 0 spiro atoms. The van der Waals surface area contributed by atoms with Crippen molar-refractivity contribution in [2.24, 2.45) is 0 Å². The Morgan fingerprint density at radius 3 is 2.70 bits per heavy atom. The van der Waals surface area contributed by atoms with Crippen LogP contribution in [0.1, 0.15) is 30.9 Å². The summed E-state index contributed by atoms with van der Waals surface area (Å²) in [7, 11) is 0. The SMILES string of the molecule is Cc1cccc(C(C)C)c1NC(=O)Cn1cnc2c(Cl)cc(Cl)cc2c1=O. The lowest BCUT2D eigenvalue weighted by Crippen LogP contribution is -2.28. The normalized spacial score (nSPS) is 11.2. The number of fused-ring (bicyclic) bond motifs is 1. The summed E-state index contributed by atoms with van der Waals surface area (Å²) in [6.45, 7) is 5.92. The number of nitrogens with one attached hydrogen (secondary N) is 1. The van der Waals surface area contributed by atoms with Crippen LogP contribution in [0.5, 0.6) is 0 Å². The van der Waals surface area contributed by atoms with Gasteiger partial charge in [0.15, 0.2) is 0 Å². The van der Waals surface area contributed by atoms with E-state index >= 15 is 0 Å². The van der Waals surface area contributed by atoms with Crippen LogP contribution in [0.15, 0.2) is 41.5 Å². The van der Waals surface area contributed by atoms with Crippen LogP contribution < -0.4 is 10.9 Å². The van der Waals surface area contributed by atoms with E-state index < -0.39 is 0 Å². The molecule has 1 N–H and O–H groups in total. The van der Waals surface area contributed by atoms with Crippen LogP contribution in [0, 0.1) is 6.92 Å². The maximum absolute atomic E-state index is 12.7. The molecule has 0 fully saturated rings. The van der Waals surface area contributed by atoms with Crippen LogP contribution in [0.4, 0.5) is 5.69 Å². The highest BCUT2D eigenvalue weighted by molar-refractivity contribution is 6.38. The first-order chi connectivity index (χ1) is 12.8. The van der Waals surface area contributed by atoms with Gasteiger partial charge < -0.3 is 5.32 Å². The third-order valence-corrected chi connectivity index (χ3v) is 4.86. The van der Waals surface area contributed by atoms with Crippen molar-refractivity contribution >= 4 is 45.7 Å². The first-order valence-electron chi connectivity index (χ1n) is 8.51. The molecule has 7 heteroatoms. The Morgan fingerprint density at radius 2 is 2.00 bits per heavy atom. The van der Waals surface area contributed by atoms with E-state index in [0.29, 0.717) is 15.6 Å². The van der Waals surface area contributed by atoms with Crippen molar-refractivity contribution in [3.63, 3.8) is 0 Å². The molecule has 0 bridgehead atoms. The molecule has 1 amide bonds. The first kappa shape index (κ1) is 19.4. The highest BCUT2D eigenvalue weighted by Gasteiger charge is 2.14. The lowest BCUT2D eigenvalue weighted by Gasteiger charge is -2.16. The van der Waals surface area contributed by atoms with Crippen LogP contribution in [-0.4, -0.2) is 15.5 Å². The number of benzene rings is 2. The number of hydrogen-bond donors (Lipinski definition) is 1. The summed E-state index contributed by atoms with van der Waals surface area (Å²) >= 11 is 12.1. The van der Waals surface area contributed by atoms with E-state index in [1.165, 1.54) is 23.0 Å². The Hall–Kier alpha value is -2.37. The lowest BCUT2D eigenvalue weighted by molar-refractivity contribution is -0.116. The summed E-state index contributed by atoms with van der Waals surface area (Å²) < 4.78 is 1.25. The monoisotopic (exact) mass is 403 g/mol. The number of halogens is 2. The van der Waals surface area contributed by atoms with Crippen molar-refractivity contribution in [2.75, 3.05) is 5.32 Å². The molecule has 27 heavy (non-hydrogen) atoms. The second kappa shape index (κ2) is 7.71. The molecule has 0 aliphatic rings. The van der Waals surface area contributed by atoms with Gasteiger partial charge in [-0.15, -0.1) is 0 Å². The van der Waals surface area contributed by atoms with Gasteiger partial charge in [0.05, 0.1) is 22.3 Å². The number of rotatable bonds is 4. The standard InChI is InChI=1S/C20H19Cl2N3O2/c1-11(2)14-6-4-5-12(3)18(14)24-17(26)9-25-10-23-19-15(20(25)27)7-13(21)8-16(19)22/h4-8,10-11H,9H2,1-3H3,(H,24,26). The highest BCUT2D eigenvalue weighted by atomic mass is 35.5. The van der Waals surface area contributed by atoms with Crippen LogP contribution in [-0.2, 0) is 11.3 Å². The minimum absolute atomic E-state index is 0.155. The molecule has 140 valence electrons. The molecule has 5 nitrogen and oxygen atoms in total. The van der Waals surface area contributed by atoms with E-state index in [4.69, 9.17) is 23.2 Å². The largest absolute Gasteiger partial charge is 0.324 e. The van der Waals surface area contributed by atoms with E-state index in [9.17, 15) is 9.59 Å². The van der Waals surface area contributed by atoms with Crippen LogP contribution >= 0.6 is 23.2 Å². The van der Waals surface area contributed by atoms with E-state index in [2.05, 4.69) is 24.1 Å². The van der Waals surface area contributed by atoms with Gasteiger partial charge in [-0.25, -0.2) is 4.98 Å². The number of nitrogens with zero attached hydrogens (tertiary/aromatic N) is 2. The summed E-state index contributed by atoms with van der Waals surface area (Å²) in [5.74, 6) is -0.0443. The Balaban J connectivity index is 1.92. The second-order valence-corrected chi connectivity index (χ2v) is 7.55. The van der Waals surface area contributed by atoms with E-state index in [0.717, 1.165) is 16.8 Å². The molecular formula is C20H19Cl2N3O2. The Bertz CT molecular complexity index is 1090. The van der Waals surface area contributed by atoms with E-state index in [1.54, 1.807) is 0 Å². The van der Waals surface area contributed by atoms with Gasteiger partial charge in [0.1, 0.15) is 6.54 Å². The maximum Gasteiger partial charge on any atom is 0.261 e. The van der Waals surface area contributed by atoms with Gasteiger partial charge in [-0.1, -0.05) is 55.2 Å². The number of anilines is 1. The molecule has 2 aromatic carbocycles. The molecular weight excluding hydrogens is 385 g/mol. The van der Waals surface area contributed by atoms with Crippen molar-refractivity contribution in [2.45, 2.75) is 33.2 Å².